The Morgan fingerprint density at radius 3 is 2.00 bits per heavy atom. The van der Waals surface area contributed by atoms with E-state index in [0.717, 1.165) is 17.7 Å². The van der Waals surface area contributed by atoms with Gasteiger partial charge in [-0.15, -0.1) is 0 Å². The quantitative estimate of drug-likeness (QED) is 0.144. The zero-order valence-electron chi connectivity index (χ0n) is 19.2. The lowest BCUT2D eigenvalue weighted by Gasteiger charge is -2.08. The molecule has 0 radical (unpaired) electrons. The number of unbranched alkanes of at least 4 members (excludes halogenated alkanes) is 7. The lowest BCUT2D eigenvalue weighted by Crippen LogP contribution is -2.08. The van der Waals surface area contributed by atoms with Crippen molar-refractivity contribution >= 4 is 18.0 Å². The topological polar surface area (TPSA) is 61.8 Å². The maximum atomic E-state index is 12.4. The minimum atomic E-state index is -0.433. The molecule has 0 aliphatic rings. The van der Waals surface area contributed by atoms with E-state index in [2.05, 4.69) is 11.7 Å². The molecule has 2 aromatic carbocycles. The van der Waals surface area contributed by atoms with Crippen molar-refractivity contribution in [1.29, 1.82) is 0 Å². The number of methoxy groups -OCH3 is 1. The van der Waals surface area contributed by atoms with Crippen molar-refractivity contribution in [1.82, 2.24) is 0 Å². The van der Waals surface area contributed by atoms with E-state index < -0.39 is 11.9 Å². The fourth-order valence-corrected chi connectivity index (χ4v) is 3.16. The zero-order chi connectivity index (χ0) is 23.0. The third kappa shape index (κ3) is 9.82. The van der Waals surface area contributed by atoms with Crippen LogP contribution in [0.5, 0.6) is 11.5 Å². The number of hydrogen-bond donors (Lipinski definition) is 0. The lowest BCUT2D eigenvalue weighted by atomic mass is 10.1. The van der Waals surface area contributed by atoms with Gasteiger partial charge in [-0.3, -0.25) is 0 Å². The molecular weight excluding hydrogens is 404 g/mol. The average molecular weight is 439 g/mol. The first-order valence-corrected chi connectivity index (χ1v) is 11.4. The Bertz CT molecular complexity index is 837. The molecule has 0 atom stereocenters. The van der Waals surface area contributed by atoms with Crippen LogP contribution >= 0.6 is 0 Å². The van der Waals surface area contributed by atoms with Crippen LogP contribution in [0.25, 0.3) is 6.08 Å². The maximum Gasteiger partial charge on any atom is 0.343 e. The van der Waals surface area contributed by atoms with Gasteiger partial charge in [0, 0.05) is 6.08 Å². The van der Waals surface area contributed by atoms with Crippen molar-refractivity contribution in [3.63, 3.8) is 0 Å². The van der Waals surface area contributed by atoms with Crippen LogP contribution in [0.3, 0.4) is 0 Å². The third-order valence-corrected chi connectivity index (χ3v) is 5.06. The largest absolute Gasteiger partial charge is 0.494 e. The lowest BCUT2D eigenvalue weighted by molar-refractivity contribution is -0.134. The number of benzene rings is 2. The number of rotatable bonds is 14. The number of hydrogen-bond acceptors (Lipinski definition) is 5. The van der Waals surface area contributed by atoms with E-state index in [9.17, 15) is 9.59 Å². The summed E-state index contributed by atoms with van der Waals surface area (Å²) >= 11 is 0. The molecule has 0 spiro atoms. The molecule has 0 fully saturated rings. The van der Waals surface area contributed by atoms with Crippen molar-refractivity contribution in [2.75, 3.05) is 13.7 Å². The first kappa shape index (κ1) is 25.2. The highest BCUT2D eigenvalue weighted by molar-refractivity contribution is 5.91. The van der Waals surface area contributed by atoms with Crippen molar-refractivity contribution < 1.29 is 23.8 Å². The Kier molecular flexibility index (Phi) is 11.7. The molecule has 0 unspecified atom stereocenters. The number of esters is 2. The molecule has 0 saturated carbocycles. The molecule has 0 aliphatic carbocycles. The Morgan fingerprint density at radius 1 is 0.781 bits per heavy atom. The van der Waals surface area contributed by atoms with Crippen LogP contribution < -0.4 is 9.47 Å². The Labute approximate surface area is 191 Å². The SMILES string of the molecule is CCCCCCCCCCOc1ccc(C(=O)Oc2ccc(/C=C/C(=O)OC)cc2)cc1. The van der Waals surface area contributed by atoms with Gasteiger partial charge < -0.3 is 14.2 Å². The standard InChI is InChI=1S/C27H34O5/c1-3-4-5-6-7-8-9-10-21-31-24-18-14-23(15-19-24)27(29)32-25-16-11-22(12-17-25)13-20-26(28)30-2/h11-20H,3-10,21H2,1-2H3/b20-13+. The van der Waals surface area contributed by atoms with Crippen molar-refractivity contribution in [2.45, 2.75) is 58.3 Å². The summed E-state index contributed by atoms with van der Waals surface area (Å²) in [5, 5.41) is 0. The molecule has 5 nitrogen and oxygen atoms in total. The van der Waals surface area contributed by atoms with Crippen LogP contribution in [-0.2, 0) is 9.53 Å². The minimum Gasteiger partial charge on any atom is -0.494 e. The van der Waals surface area contributed by atoms with E-state index in [4.69, 9.17) is 9.47 Å². The summed E-state index contributed by atoms with van der Waals surface area (Å²) in [6, 6.07) is 13.9. The van der Waals surface area contributed by atoms with Crippen LogP contribution in [0.2, 0.25) is 0 Å². The van der Waals surface area contributed by atoms with E-state index in [-0.39, 0.29) is 0 Å². The van der Waals surface area contributed by atoms with Crippen LogP contribution in [0.1, 0.15) is 74.2 Å². The second kappa shape index (κ2) is 14.8. The molecule has 5 heteroatoms. The van der Waals surface area contributed by atoms with Gasteiger partial charge in [-0.05, 0) is 54.5 Å². The summed E-state index contributed by atoms with van der Waals surface area (Å²) in [6.07, 6.45) is 13.1. The van der Waals surface area contributed by atoms with E-state index in [1.165, 1.54) is 58.1 Å². The number of ether oxygens (including phenoxy) is 3. The first-order valence-electron chi connectivity index (χ1n) is 11.4. The van der Waals surface area contributed by atoms with Crippen LogP contribution in [0.15, 0.2) is 54.6 Å². The Balaban J connectivity index is 1.70. The Hall–Kier alpha value is -3.08. The molecule has 0 aliphatic heterocycles. The normalized spacial score (nSPS) is 10.8. The van der Waals surface area contributed by atoms with Gasteiger partial charge >= 0.3 is 11.9 Å². The van der Waals surface area contributed by atoms with Gasteiger partial charge in [0.25, 0.3) is 0 Å². The Morgan fingerprint density at radius 2 is 1.38 bits per heavy atom. The van der Waals surface area contributed by atoms with E-state index >= 15 is 0 Å². The number of carbonyl (C=O) groups is 2. The summed E-state index contributed by atoms with van der Waals surface area (Å²) in [6.45, 7) is 2.93. The predicted octanol–water partition coefficient (Wildman–Crippen LogP) is 6.61. The van der Waals surface area contributed by atoms with E-state index in [1.54, 1.807) is 54.6 Å². The van der Waals surface area contributed by atoms with Crippen LogP contribution in [-0.4, -0.2) is 25.7 Å². The highest BCUT2D eigenvalue weighted by atomic mass is 16.5. The molecule has 172 valence electrons. The van der Waals surface area contributed by atoms with Gasteiger partial charge in [0.05, 0.1) is 19.3 Å². The molecule has 0 N–H and O–H groups in total. The monoisotopic (exact) mass is 438 g/mol. The van der Waals surface area contributed by atoms with Crippen LogP contribution in [0, 0.1) is 0 Å². The summed E-state index contributed by atoms with van der Waals surface area (Å²) < 4.78 is 15.7. The van der Waals surface area contributed by atoms with Gasteiger partial charge in [-0.2, -0.15) is 0 Å². The fourth-order valence-electron chi connectivity index (χ4n) is 3.16. The average Bonchev–Trinajstić information content (AvgIpc) is 2.82. The first-order chi connectivity index (χ1) is 15.6. The second-order valence-electron chi connectivity index (χ2n) is 7.66. The summed E-state index contributed by atoms with van der Waals surface area (Å²) in [4.78, 5) is 23.5. The van der Waals surface area contributed by atoms with Crippen molar-refractivity contribution in [2.24, 2.45) is 0 Å². The summed E-state index contributed by atoms with van der Waals surface area (Å²) in [5.41, 5.74) is 1.26. The molecule has 32 heavy (non-hydrogen) atoms. The molecule has 0 amide bonds. The second-order valence-corrected chi connectivity index (χ2v) is 7.66. The predicted molar refractivity (Wildman–Crippen MR) is 127 cm³/mol. The van der Waals surface area contributed by atoms with Gasteiger partial charge in [-0.25, -0.2) is 9.59 Å². The minimum absolute atomic E-state index is 0.425. The van der Waals surface area contributed by atoms with Gasteiger partial charge in [-0.1, -0.05) is 64.0 Å². The molecule has 2 rings (SSSR count). The highest BCUT2D eigenvalue weighted by Gasteiger charge is 2.09. The molecule has 0 bridgehead atoms. The maximum absolute atomic E-state index is 12.4. The van der Waals surface area contributed by atoms with Crippen molar-refractivity contribution in [3.05, 3.63) is 65.7 Å². The van der Waals surface area contributed by atoms with Crippen molar-refractivity contribution in [3.8, 4) is 11.5 Å². The summed E-state index contributed by atoms with van der Waals surface area (Å²) in [5.74, 6) is 0.328. The number of carbonyl (C=O) groups excluding carboxylic acids is 2. The molecule has 2 aromatic rings. The van der Waals surface area contributed by atoms with Gasteiger partial charge in [0.15, 0.2) is 0 Å². The van der Waals surface area contributed by atoms with E-state index in [1.807, 2.05) is 0 Å². The fraction of sp³-hybridized carbons (Fsp3) is 0.407. The highest BCUT2D eigenvalue weighted by Crippen LogP contribution is 2.18. The van der Waals surface area contributed by atoms with Gasteiger partial charge in [0.1, 0.15) is 11.5 Å². The molecule has 0 saturated heterocycles. The van der Waals surface area contributed by atoms with E-state index in [0.29, 0.717) is 17.9 Å². The molecule has 0 heterocycles. The third-order valence-electron chi connectivity index (χ3n) is 5.06. The summed E-state index contributed by atoms with van der Waals surface area (Å²) in [7, 11) is 1.32. The molecule has 0 aromatic heterocycles. The zero-order valence-corrected chi connectivity index (χ0v) is 19.2. The van der Waals surface area contributed by atoms with Crippen LogP contribution in [0.4, 0.5) is 0 Å². The smallest absolute Gasteiger partial charge is 0.343 e. The molecular formula is C27H34O5. The van der Waals surface area contributed by atoms with Gasteiger partial charge in [0.2, 0.25) is 0 Å².